The molecular weight excluding hydrogens is 282 g/mol. The molecule has 0 amide bonds. The molecule has 130 valence electrons. The molecule has 0 aromatic heterocycles. The first-order valence-electron chi connectivity index (χ1n) is 9.70. The fraction of sp³-hybridized carbons (Fsp3) is 0.714. The Morgan fingerprint density at radius 3 is 2.74 bits per heavy atom. The maximum absolute atomic E-state index is 6.15. The highest BCUT2D eigenvalue weighted by atomic mass is 16.5. The lowest BCUT2D eigenvalue weighted by Crippen LogP contribution is -2.27. The quantitative estimate of drug-likeness (QED) is 0.588. The Kier molecular flexibility index (Phi) is 7.94. The number of benzene rings is 1. The third-order valence-corrected chi connectivity index (χ3v) is 5.23. The van der Waals surface area contributed by atoms with Crippen molar-refractivity contribution in [2.75, 3.05) is 26.2 Å². The number of unbranched alkanes of at least 4 members (excludes halogenated alkanes) is 1. The van der Waals surface area contributed by atoms with Gasteiger partial charge in [-0.1, -0.05) is 45.7 Å². The van der Waals surface area contributed by atoms with Gasteiger partial charge in [-0.15, -0.1) is 0 Å². The molecule has 2 nitrogen and oxygen atoms in total. The predicted octanol–water partition coefficient (Wildman–Crippen LogP) is 5.09. The molecule has 2 rings (SSSR count). The molecule has 1 aliphatic heterocycles. The van der Waals surface area contributed by atoms with Gasteiger partial charge < -0.3 is 9.64 Å². The second-order valence-corrected chi connectivity index (χ2v) is 7.09. The van der Waals surface area contributed by atoms with E-state index >= 15 is 0 Å². The van der Waals surface area contributed by atoms with E-state index in [0.29, 0.717) is 0 Å². The number of fused-ring (bicyclic) bond motifs is 1. The van der Waals surface area contributed by atoms with Crippen LogP contribution in [0.5, 0.6) is 5.75 Å². The van der Waals surface area contributed by atoms with Gasteiger partial charge in [0.15, 0.2) is 0 Å². The zero-order valence-electron chi connectivity index (χ0n) is 15.4. The van der Waals surface area contributed by atoms with Crippen LogP contribution in [0.25, 0.3) is 0 Å². The maximum atomic E-state index is 6.15. The Morgan fingerprint density at radius 1 is 1.13 bits per heavy atom. The second-order valence-electron chi connectivity index (χ2n) is 7.09. The fourth-order valence-electron chi connectivity index (χ4n) is 3.35. The van der Waals surface area contributed by atoms with Gasteiger partial charge in [-0.25, -0.2) is 0 Å². The van der Waals surface area contributed by atoms with Crippen molar-refractivity contribution in [3.63, 3.8) is 0 Å². The molecule has 2 heteroatoms. The molecule has 0 saturated carbocycles. The number of rotatable bonds is 9. The summed E-state index contributed by atoms with van der Waals surface area (Å²) < 4.78 is 6.15. The summed E-state index contributed by atoms with van der Waals surface area (Å²) in [5.74, 6) is 1.96. The topological polar surface area (TPSA) is 12.5 Å². The molecule has 1 aliphatic rings. The van der Waals surface area contributed by atoms with E-state index in [1.54, 1.807) is 0 Å². The number of nitrogens with zero attached hydrogens (tertiary/aromatic N) is 1. The van der Waals surface area contributed by atoms with Crippen molar-refractivity contribution in [1.29, 1.82) is 0 Å². The van der Waals surface area contributed by atoms with E-state index in [1.807, 2.05) is 0 Å². The SMILES string of the molecule is CCCCN1CCc2cccc(OCCCC(C)CC)c2CC1. The van der Waals surface area contributed by atoms with Gasteiger partial charge in [-0.2, -0.15) is 0 Å². The fourth-order valence-corrected chi connectivity index (χ4v) is 3.35. The van der Waals surface area contributed by atoms with Crippen LogP contribution in [-0.2, 0) is 12.8 Å². The Morgan fingerprint density at radius 2 is 1.96 bits per heavy atom. The van der Waals surface area contributed by atoms with Gasteiger partial charge in [0.1, 0.15) is 5.75 Å². The molecule has 0 radical (unpaired) electrons. The van der Waals surface area contributed by atoms with Gasteiger partial charge in [0, 0.05) is 13.1 Å². The van der Waals surface area contributed by atoms with Crippen molar-refractivity contribution in [2.24, 2.45) is 5.92 Å². The van der Waals surface area contributed by atoms with E-state index in [1.165, 1.54) is 69.3 Å². The molecule has 0 spiro atoms. The summed E-state index contributed by atoms with van der Waals surface area (Å²) in [6, 6.07) is 6.64. The van der Waals surface area contributed by atoms with Crippen LogP contribution in [-0.4, -0.2) is 31.1 Å². The summed E-state index contributed by atoms with van der Waals surface area (Å²) in [4.78, 5) is 2.62. The Bertz CT molecular complexity index is 457. The van der Waals surface area contributed by atoms with Gasteiger partial charge in [0.05, 0.1) is 6.61 Å². The summed E-state index contributed by atoms with van der Waals surface area (Å²) in [6.45, 7) is 11.4. The minimum Gasteiger partial charge on any atom is -0.493 e. The molecule has 1 atom stereocenters. The summed E-state index contributed by atoms with van der Waals surface area (Å²) in [5.41, 5.74) is 2.97. The molecule has 0 saturated heterocycles. The highest BCUT2D eigenvalue weighted by Crippen LogP contribution is 2.26. The lowest BCUT2D eigenvalue weighted by molar-refractivity contribution is 0.278. The first-order chi connectivity index (χ1) is 11.2. The Hall–Kier alpha value is -1.02. The van der Waals surface area contributed by atoms with Crippen LogP contribution in [0.3, 0.4) is 0 Å². The molecule has 1 heterocycles. The molecule has 0 bridgehead atoms. The van der Waals surface area contributed by atoms with Crippen LogP contribution < -0.4 is 4.74 Å². The van der Waals surface area contributed by atoms with Crippen LogP contribution in [0, 0.1) is 5.92 Å². The summed E-state index contributed by atoms with van der Waals surface area (Å²) in [7, 11) is 0. The number of hydrogen-bond donors (Lipinski definition) is 0. The third kappa shape index (κ3) is 5.84. The number of ether oxygens (including phenoxy) is 1. The summed E-state index contributed by atoms with van der Waals surface area (Å²) in [6.07, 6.45) is 8.62. The zero-order chi connectivity index (χ0) is 16.5. The lowest BCUT2D eigenvalue weighted by atomic mass is 10.0. The van der Waals surface area contributed by atoms with Crippen LogP contribution >= 0.6 is 0 Å². The summed E-state index contributed by atoms with van der Waals surface area (Å²) >= 11 is 0. The molecular formula is C21H35NO. The molecule has 0 N–H and O–H groups in total. The van der Waals surface area contributed by atoms with Crippen LogP contribution in [0.2, 0.25) is 0 Å². The molecule has 1 unspecified atom stereocenters. The smallest absolute Gasteiger partial charge is 0.122 e. The third-order valence-electron chi connectivity index (χ3n) is 5.23. The molecule has 1 aromatic carbocycles. The van der Waals surface area contributed by atoms with E-state index in [0.717, 1.165) is 24.7 Å². The standard InChI is InChI=1S/C21H35NO/c1-4-6-14-22-15-12-19-10-7-11-21(20(19)13-16-22)23-17-8-9-18(3)5-2/h7,10-11,18H,4-6,8-9,12-17H2,1-3H3. The van der Waals surface area contributed by atoms with Crippen molar-refractivity contribution < 1.29 is 4.74 Å². The minimum atomic E-state index is 0.818. The van der Waals surface area contributed by atoms with Crippen molar-refractivity contribution in [2.45, 2.75) is 65.7 Å². The van der Waals surface area contributed by atoms with Gasteiger partial charge in [-0.3, -0.25) is 0 Å². The average molecular weight is 318 g/mol. The first-order valence-corrected chi connectivity index (χ1v) is 9.70. The average Bonchev–Trinajstić information content (AvgIpc) is 2.79. The van der Waals surface area contributed by atoms with Gasteiger partial charge in [0.2, 0.25) is 0 Å². The van der Waals surface area contributed by atoms with Crippen molar-refractivity contribution >= 4 is 0 Å². The lowest BCUT2D eigenvalue weighted by Gasteiger charge is -2.19. The van der Waals surface area contributed by atoms with Gasteiger partial charge >= 0.3 is 0 Å². The normalized spacial score (nSPS) is 16.7. The monoisotopic (exact) mass is 317 g/mol. The second kappa shape index (κ2) is 9.97. The maximum Gasteiger partial charge on any atom is 0.122 e. The van der Waals surface area contributed by atoms with E-state index in [9.17, 15) is 0 Å². The van der Waals surface area contributed by atoms with Crippen LogP contribution in [0.4, 0.5) is 0 Å². The van der Waals surface area contributed by atoms with Gasteiger partial charge in [-0.05, 0) is 61.8 Å². The van der Waals surface area contributed by atoms with Crippen molar-refractivity contribution in [1.82, 2.24) is 4.90 Å². The number of hydrogen-bond acceptors (Lipinski definition) is 2. The highest BCUT2D eigenvalue weighted by molar-refractivity contribution is 5.41. The van der Waals surface area contributed by atoms with Crippen LogP contribution in [0.15, 0.2) is 18.2 Å². The first kappa shape index (κ1) is 18.3. The summed E-state index contributed by atoms with van der Waals surface area (Å²) in [5, 5.41) is 0. The predicted molar refractivity (Wildman–Crippen MR) is 99.4 cm³/mol. The zero-order valence-corrected chi connectivity index (χ0v) is 15.4. The molecule has 1 aromatic rings. The Balaban J connectivity index is 1.89. The van der Waals surface area contributed by atoms with Gasteiger partial charge in [0.25, 0.3) is 0 Å². The van der Waals surface area contributed by atoms with E-state index < -0.39 is 0 Å². The minimum absolute atomic E-state index is 0.818. The molecule has 23 heavy (non-hydrogen) atoms. The van der Waals surface area contributed by atoms with E-state index in [4.69, 9.17) is 4.74 Å². The van der Waals surface area contributed by atoms with Crippen molar-refractivity contribution in [3.05, 3.63) is 29.3 Å². The largest absolute Gasteiger partial charge is 0.493 e. The van der Waals surface area contributed by atoms with E-state index in [-0.39, 0.29) is 0 Å². The van der Waals surface area contributed by atoms with Crippen LogP contribution in [0.1, 0.15) is 64.0 Å². The molecule has 0 aliphatic carbocycles. The Labute approximate surface area is 143 Å². The van der Waals surface area contributed by atoms with E-state index in [2.05, 4.69) is 43.9 Å². The van der Waals surface area contributed by atoms with Crippen molar-refractivity contribution in [3.8, 4) is 5.75 Å². The molecule has 0 fully saturated rings. The highest BCUT2D eigenvalue weighted by Gasteiger charge is 2.16.